The number of carbonyl (C=O) groups excluding carboxylic acids is 2. The van der Waals surface area contributed by atoms with Gasteiger partial charge in [-0.25, -0.2) is 0 Å². The summed E-state index contributed by atoms with van der Waals surface area (Å²) < 4.78 is 36.3. The van der Waals surface area contributed by atoms with Crippen LogP contribution in [0.25, 0.3) is 0 Å². The molecule has 0 bridgehead atoms. The second-order valence-corrected chi connectivity index (χ2v) is 12.5. The van der Waals surface area contributed by atoms with Crippen LogP contribution in [0.1, 0.15) is 71.6 Å². The van der Waals surface area contributed by atoms with Gasteiger partial charge < -0.3 is 4.74 Å². The summed E-state index contributed by atoms with van der Waals surface area (Å²) >= 11 is 0. The number of hydrogen-bond donors (Lipinski definition) is 0. The molecule has 0 aromatic heterocycles. The van der Waals surface area contributed by atoms with Crippen molar-refractivity contribution in [3.63, 3.8) is 0 Å². The molecule has 5 aliphatic rings. The number of rotatable bonds is 2. The van der Waals surface area contributed by atoms with Gasteiger partial charge in [-0.15, -0.1) is 0 Å². The molecule has 0 amide bonds. The standard InChI is InChI=1S/C23H32O6S/c1-21-9-6-15(24)12-14(21)4-5-16-17-7-10-23(11-8-19(25)28-23)22(17,2)13-18(20(16)21)29-30(3,26)27/h12,16-18,20H,4-11,13H2,1-3H3/t16?,17?,18?,20?,21?,22?,23-/m1/s1. The molecule has 30 heavy (non-hydrogen) atoms. The lowest BCUT2D eigenvalue weighted by molar-refractivity contribution is -0.181. The highest BCUT2D eigenvalue weighted by Crippen LogP contribution is 2.70. The second kappa shape index (κ2) is 6.41. The summed E-state index contributed by atoms with van der Waals surface area (Å²) in [5, 5.41) is 0. The van der Waals surface area contributed by atoms with E-state index in [4.69, 9.17) is 8.92 Å². The van der Waals surface area contributed by atoms with Crippen LogP contribution in [0.15, 0.2) is 11.6 Å². The SMILES string of the molecule is CC12CCC(=O)C=C1CCC1C2C(OS(C)(=O)=O)CC2(C)C1CC[C@@]21CCC(=O)O1. The predicted molar refractivity (Wildman–Crippen MR) is 110 cm³/mol. The minimum Gasteiger partial charge on any atom is -0.458 e. The molecule has 1 spiro atoms. The molecular formula is C23H32O6S. The summed E-state index contributed by atoms with van der Waals surface area (Å²) in [6.07, 6.45) is 9.18. The Morgan fingerprint density at radius 3 is 2.50 bits per heavy atom. The number of hydrogen-bond acceptors (Lipinski definition) is 6. The third kappa shape index (κ3) is 2.80. The topological polar surface area (TPSA) is 86.7 Å². The van der Waals surface area contributed by atoms with Crippen molar-refractivity contribution in [3.05, 3.63) is 11.6 Å². The lowest BCUT2D eigenvalue weighted by atomic mass is 9.45. The molecule has 1 saturated heterocycles. The highest BCUT2D eigenvalue weighted by atomic mass is 32.2. The number of esters is 1. The van der Waals surface area contributed by atoms with E-state index in [0.29, 0.717) is 31.1 Å². The number of fused-ring (bicyclic) bond motifs is 6. The van der Waals surface area contributed by atoms with Gasteiger partial charge in [0.2, 0.25) is 0 Å². The predicted octanol–water partition coefficient (Wildman–Crippen LogP) is 3.55. The zero-order valence-electron chi connectivity index (χ0n) is 18.1. The molecule has 1 heterocycles. The molecule has 0 N–H and O–H groups in total. The lowest BCUT2D eigenvalue weighted by Gasteiger charge is -2.61. The van der Waals surface area contributed by atoms with Crippen molar-refractivity contribution >= 4 is 21.9 Å². The molecular weight excluding hydrogens is 404 g/mol. The van der Waals surface area contributed by atoms with Gasteiger partial charge in [0.1, 0.15) is 5.60 Å². The Kier molecular flexibility index (Phi) is 4.42. The van der Waals surface area contributed by atoms with Crippen LogP contribution in [0, 0.1) is 28.6 Å². The molecule has 4 aliphatic carbocycles. The zero-order chi connectivity index (χ0) is 21.5. The Morgan fingerprint density at radius 2 is 1.83 bits per heavy atom. The molecule has 0 aromatic carbocycles. The molecule has 0 aromatic rings. The Morgan fingerprint density at radius 1 is 1.07 bits per heavy atom. The third-order valence-corrected chi connectivity index (χ3v) is 10.1. The molecule has 1 aliphatic heterocycles. The molecule has 0 radical (unpaired) electrons. The molecule has 7 atom stereocenters. The maximum Gasteiger partial charge on any atom is 0.306 e. The maximum absolute atomic E-state index is 12.3. The van der Waals surface area contributed by atoms with E-state index in [2.05, 4.69) is 13.8 Å². The fourth-order valence-electron chi connectivity index (χ4n) is 8.24. The van der Waals surface area contributed by atoms with Crippen LogP contribution >= 0.6 is 0 Å². The van der Waals surface area contributed by atoms with Crippen LogP contribution in [0.4, 0.5) is 0 Å². The Bertz CT molecular complexity index is 937. The summed E-state index contributed by atoms with van der Waals surface area (Å²) in [7, 11) is -3.65. The van der Waals surface area contributed by atoms with E-state index in [-0.39, 0.29) is 28.5 Å². The zero-order valence-corrected chi connectivity index (χ0v) is 18.9. The quantitative estimate of drug-likeness (QED) is 0.486. The van der Waals surface area contributed by atoms with Crippen molar-refractivity contribution in [2.75, 3.05) is 6.26 Å². The number of allylic oxidation sites excluding steroid dienone is 1. The van der Waals surface area contributed by atoms with Crippen LogP contribution in [0.5, 0.6) is 0 Å². The van der Waals surface area contributed by atoms with E-state index in [1.54, 1.807) is 0 Å². The minimum atomic E-state index is -3.65. The Balaban J connectivity index is 1.60. The Hall–Kier alpha value is -1.21. The van der Waals surface area contributed by atoms with E-state index >= 15 is 0 Å². The summed E-state index contributed by atoms with van der Waals surface area (Å²) in [6.45, 7) is 4.42. The molecule has 166 valence electrons. The van der Waals surface area contributed by atoms with Gasteiger partial charge in [0.05, 0.1) is 12.4 Å². The van der Waals surface area contributed by atoms with Crippen molar-refractivity contribution in [1.29, 1.82) is 0 Å². The van der Waals surface area contributed by atoms with Gasteiger partial charge in [-0.3, -0.25) is 13.8 Å². The molecule has 6 nitrogen and oxygen atoms in total. The van der Waals surface area contributed by atoms with Crippen LogP contribution in [0.2, 0.25) is 0 Å². The summed E-state index contributed by atoms with van der Waals surface area (Å²) in [5.74, 6) is 0.796. The molecule has 5 rings (SSSR count). The first-order valence-electron chi connectivity index (χ1n) is 11.3. The normalized spacial score (nSPS) is 48.0. The molecule has 3 saturated carbocycles. The number of ether oxygens (including phenoxy) is 1. The summed E-state index contributed by atoms with van der Waals surface area (Å²) in [4.78, 5) is 24.2. The first-order chi connectivity index (χ1) is 14.0. The monoisotopic (exact) mass is 436 g/mol. The van der Waals surface area contributed by atoms with E-state index in [0.717, 1.165) is 44.8 Å². The van der Waals surface area contributed by atoms with Crippen LogP contribution in [0.3, 0.4) is 0 Å². The van der Waals surface area contributed by atoms with E-state index in [1.807, 2.05) is 6.08 Å². The van der Waals surface area contributed by atoms with Crippen LogP contribution < -0.4 is 0 Å². The van der Waals surface area contributed by atoms with Gasteiger partial charge in [-0.05, 0) is 74.2 Å². The third-order valence-electron chi connectivity index (χ3n) is 9.51. The van der Waals surface area contributed by atoms with Crippen molar-refractivity contribution in [2.45, 2.75) is 83.3 Å². The van der Waals surface area contributed by atoms with E-state index in [9.17, 15) is 18.0 Å². The van der Waals surface area contributed by atoms with Gasteiger partial charge in [-0.2, -0.15) is 8.42 Å². The largest absolute Gasteiger partial charge is 0.458 e. The smallest absolute Gasteiger partial charge is 0.306 e. The van der Waals surface area contributed by atoms with Gasteiger partial charge in [0.15, 0.2) is 5.78 Å². The van der Waals surface area contributed by atoms with Gasteiger partial charge in [0.25, 0.3) is 10.1 Å². The van der Waals surface area contributed by atoms with Gasteiger partial charge >= 0.3 is 5.97 Å². The average Bonchev–Trinajstić information content (AvgIpc) is 3.15. The van der Waals surface area contributed by atoms with Crippen molar-refractivity contribution in [3.8, 4) is 0 Å². The summed E-state index contributed by atoms with van der Waals surface area (Å²) in [5.41, 5.74) is 0.192. The summed E-state index contributed by atoms with van der Waals surface area (Å²) in [6, 6.07) is 0. The number of carbonyl (C=O) groups is 2. The van der Waals surface area contributed by atoms with Crippen molar-refractivity contribution in [1.82, 2.24) is 0 Å². The van der Waals surface area contributed by atoms with E-state index < -0.39 is 21.8 Å². The van der Waals surface area contributed by atoms with Crippen molar-refractivity contribution in [2.24, 2.45) is 28.6 Å². The molecule has 7 heteroatoms. The van der Waals surface area contributed by atoms with Gasteiger partial charge in [-0.1, -0.05) is 19.4 Å². The second-order valence-electron chi connectivity index (χ2n) is 10.9. The number of ketones is 1. The highest BCUT2D eigenvalue weighted by molar-refractivity contribution is 7.86. The van der Waals surface area contributed by atoms with Crippen LogP contribution in [-0.4, -0.2) is 38.1 Å². The van der Waals surface area contributed by atoms with Crippen LogP contribution in [-0.2, 0) is 28.6 Å². The maximum atomic E-state index is 12.3. The van der Waals surface area contributed by atoms with Gasteiger partial charge in [0, 0.05) is 18.3 Å². The molecule has 6 unspecified atom stereocenters. The Labute approximate surface area is 178 Å². The fourth-order valence-corrected chi connectivity index (χ4v) is 8.88. The van der Waals surface area contributed by atoms with E-state index in [1.165, 1.54) is 5.57 Å². The minimum absolute atomic E-state index is 0.0608. The first-order valence-corrected chi connectivity index (χ1v) is 13.1. The first kappa shape index (κ1) is 20.7. The van der Waals surface area contributed by atoms with Crippen molar-refractivity contribution < 1.29 is 26.9 Å². The lowest BCUT2D eigenvalue weighted by Crippen LogP contribution is -2.60. The highest BCUT2D eigenvalue weighted by Gasteiger charge is 2.69. The molecule has 4 fully saturated rings. The average molecular weight is 437 g/mol. The fraction of sp³-hybridized carbons (Fsp3) is 0.826.